The van der Waals surface area contributed by atoms with E-state index in [4.69, 9.17) is 35.2 Å². The molecule has 3 aliphatic rings. The lowest BCUT2D eigenvalue weighted by Crippen LogP contribution is -2.61. The minimum atomic E-state index is -1.24. The number of amides is 1. The maximum Gasteiger partial charge on any atom is 0.410 e. The molecule has 4 heterocycles. The van der Waals surface area contributed by atoms with E-state index in [1.54, 1.807) is 23.6 Å². The first-order chi connectivity index (χ1) is 26.9. The summed E-state index contributed by atoms with van der Waals surface area (Å²) in [6.45, 7) is 16.2. The van der Waals surface area contributed by atoms with E-state index in [0.717, 1.165) is 11.3 Å². The molecule has 16 heteroatoms. The van der Waals surface area contributed by atoms with Gasteiger partial charge in [-0.15, -0.1) is 5.10 Å². The van der Waals surface area contributed by atoms with Crippen LogP contribution in [0.4, 0.5) is 10.5 Å². The number of aromatic nitrogens is 3. The van der Waals surface area contributed by atoms with E-state index in [2.05, 4.69) is 22.6 Å². The molecule has 1 aromatic carbocycles. The number of ether oxygens (including phenoxy) is 5. The average Bonchev–Trinajstić information content (AvgIpc) is 3.75. The summed E-state index contributed by atoms with van der Waals surface area (Å²) < 4.78 is 32.8. The topological polar surface area (TPSA) is 216 Å². The predicted octanol–water partition coefficient (Wildman–Crippen LogP) is 3.68. The largest absolute Gasteiger partial charge is 0.458 e. The molecule has 0 radical (unpaired) electrons. The highest BCUT2D eigenvalue weighted by Gasteiger charge is 2.58. The molecule has 16 nitrogen and oxygen atoms in total. The highest BCUT2D eigenvalue weighted by atomic mass is 16.7. The SMILES string of the molecule is CC[C@H]1OC(=O)[C@H](C)C(=O)[C@H](C)[C@@H](O[C@@H]2OC(C)CC(N)C2O)[C@](C)(OC)C[C@@H](C)CN[C@H](C)[C@H]2N(CCCCn3cc(-c4cccc(N)c4)nn3)C(=O)O[C@]12C. The number of cyclic esters (lactones) is 1. The normalized spacial score (nSPS) is 37.2. The Morgan fingerprint density at radius 2 is 1.81 bits per heavy atom. The minimum Gasteiger partial charge on any atom is -0.458 e. The van der Waals surface area contributed by atoms with Gasteiger partial charge in [0.1, 0.15) is 23.8 Å². The van der Waals surface area contributed by atoms with Crippen molar-refractivity contribution in [3.63, 3.8) is 0 Å². The van der Waals surface area contributed by atoms with Crippen molar-refractivity contribution < 1.29 is 43.2 Å². The number of carbonyl (C=O) groups excluding carboxylic acids is 3. The van der Waals surface area contributed by atoms with Crippen LogP contribution in [0.3, 0.4) is 0 Å². The molecule has 318 valence electrons. The minimum absolute atomic E-state index is 0.0239. The van der Waals surface area contributed by atoms with Gasteiger partial charge in [-0.2, -0.15) is 0 Å². The molecule has 3 saturated heterocycles. The van der Waals surface area contributed by atoms with Gasteiger partial charge in [0.15, 0.2) is 17.7 Å². The van der Waals surface area contributed by atoms with Gasteiger partial charge in [-0.05, 0) is 91.3 Å². The van der Waals surface area contributed by atoms with Gasteiger partial charge in [0.05, 0.1) is 30.0 Å². The van der Waals surface area contributed by atoms with E-state index < -0.39 is 77.6 Å². The van der Waals surface area contributed by atoms with Gasteiger partial charge in [0, 0.05) is 49.5 Å². The molecule has 1 amide bonds. The van der Waals surface area contributed by atoms with Gasteiger partial charge in [0.25, 0.3) is 0 Å². The summed E-state index contributed by atoms with van der Waals surface area (Å²) in [5.41, 5.74) is 12.2. The number of hydrogen-bond donors (Lipinski definition) is 4. The molecule has 0 aliphatic carbocycles. The van der Waals surface area contributed by atoms with Crippen molar-refractivity contribution in [1.82, 2.24) is 25.2 Å². The Morgan fingerprint density at radius 1 is 1.09 bits per heavy atom. The van der Waals surface area contributed by atoms with Crippen LogP contribution in [0, 0.1) is 17.8 Å². The highest BCUT2D eigenvalue weighted by Crippen LogP contribution is 2.40. The summed E-state index contributed by atoms with van der Waals surface area (Å²) in [6.07, 6.45) is -0.327. The molecule has 57 heavy (non-hydrogen) atoms. The number of anilines is 1. The lowest BCUT2D eigenvalue weighted by atomic mass is 9.78. The fourth-order valence-electron chi connectivity index (χ4n) is 9.00. The van der Waals surface area contributed by atoms with Crippen LogP contribution < -0.4 is 16.8 Å². The van der Waals surface area contributed by atoms with E-state index in [9.17, 15) is 19.5 Å². The summed E-state index contributed by atoms with van der Waals surface area (Å²) in [5.74, 6) is -3.24. The smallest absolute Gasteiger partial charge is 0.410 e. The van der Waals surface area contributed by atoms with E-state index in [1.165, 1.54) is 6.92 Å². The summed E-state index contributed by atoms with van der Waals surface area (Å²) in [7, 11) is 1.56. The second-order valence-corrected chi connectivity index (χ2v) is 16.9. The fourth-order valence-corrected chi connectivity index (χ4v) is 9.00. The molecule has 2 aromatic rings. The number of aliphatic hydroxyl groups is 1. The number of nitrogen functional groups attached to an aromatic ring is 1. The number of fused-ring (bicyclic) bond motifs is 1. The Balaban J connectivity index is 1.37. The van der Waals surface area contributed by atoms with Gasteiger partial charge in [-0.3, -0.25) is 19.2 Å². The van der Waals surface area contributed by atoms with Gasteiger partial charge in [-0.25, -0.2) is 4.79 Å². The van der Waals surface area contributed by atoms with E-state index in [0.29, 0.717) is 57.4 Å². The number of rotatable bonds is 10. The number of esters is 1. The Labute approximate surface area is 336 Å². The van der Waals surface area contributed by atoms with Crippen LogP contribution in [0.15, 0.2) is 30.5 Å². The molecular formula is C41H65N7O9. The number of methoxy groups -OCH3 is 1. The standard InChI is InChI=1S/C41H65N7O9/c1-10-32-41(8)35(48(39(52)57-41)17-12-11-16-47-22-31(45-46-47)28-14-13-15-29(42)19-28)27(6)44-21-23(2)20-40(7,53-9)36(25(4)33(49)26(5)37(51)55-32)56-38-34(50)30(43)18-24(3)54-38/h13-15,19,22-27,30,32,34-36,38,44,50H,10-12,16-18,20-21,42-43H2,1-9H3/t23-,24?,25+,26-,27-,30?,32-,34?,35-,36-,38+,40-,41-/m1/s1. The zero-order chi connectivity index (χ0) is 41.8. The van der Waals surface area contributed by atoms with Crippen molar-refractivity contribution >= 4 is 23.5 Å². The van der Waals surface area contributed by atoms with Crippen molar-refractivity contribution in [1.29, 1.82) is 0 Å². The molecule has 0 spiro atoms. The van der Waals surface area contributed by atoms with Crippen molar-refractivity contribution in [2.45, 2.75) is 154 Å². The number of carbonyl (C=O) groups is 3. The summed E-state index contributed by atoms with van der Waals surface area (Å²) >= 11 is 0. The third kappa shape index (κ3) is 9.80. The Bertz CT molecular complexity index is 1690. The summed E-state index contributed by atoms with van der Waals surface area (Å²) in [5, 5.41) is 23.2. The molecule has 5 rings (SSSR count). The number of benzene rings is 1. The van der Waals surface area contributed by atoms with E-state index in [1.807, 2.05) is 65.1 Å². The molecule has 3 aliphatic heterocycles. The number of unbranched alkanes of at least 4 members (excludes halogenated alkanes) is 1. The molecule has 3 unspecified atom stereocenters. The van der Waals surface area contributed by atoms with Gasteiger partial charge in [-0.1, -0.05) is 38.1 Å². The molecule has 0 bridgehead atoms. The molecular weight excluding hydrogens is 734 g/mol. The van der Waals surface area contributed by atoms with Crippen LogP contribution in [-0.4, -0.2) is 123 Å². The molecule has 6 N–H and O–H groups in total. The first-order valence-electron chi connectivity index (χ1n) is 20.4. The number of nitrogens with two attached hydrogens (primary N) is 2. The zero-order valence-corrected chi connectivity index (χ0v) is 35.1. The molecule has 0 saturated carbocycles. The van der Waals surface area contributed by atoms with Gasteiger partial charge >= 0.3 is 12.1 Å². The van der Waals surface area contributed by atoms with Crippen molar-refractivity contribution in [2.24, 2.45) is 23.5 Å². The number of hydrogen-bond acceptors (Lipinski definition) is 14. The van der Waals surface area contributed by atoms with Crippen molar-refractivity contribution in [2.75, 3.05) is 25.9 Å². The molecule has 13 atom stereocenters. The van der Waals surface area contributed by atoms with Crippen LogP contribution in [-0.2, 0) is 39.8 Å². The number of nitrogens with one attached hydrogen (secondary N) is 1. The number of aryl methyl sites for hydroxylation is 1. The average molecular weight is 800 g/mol. The first-order valence-corrected chi connectivity index (χ1v) is 20.4. The van der Waals surface area contributed by atoms with Gasteiger partial charge in [0.2, 0.25) is 0 Å². The quantitative estimate of drug-likeness (QED) is 0.117. The van der Waals surface area contributed by atoms with E-state index in [-0.39, 0.29) is 18.1 Å². The van der Waals surface area contributed by atoms with Gasteiger partial charge < -0.3 is 45.6 Å². The summed E-state index contributed by atoms with van der Waals surface area (Å²) in [6, 6.07) is 6.08. The Morgan fingerprint density at radius 3 is 2.49 bits per heavy atom. The number of aliphatic hydroxyl groups excluding tert-OH is 1. The second-order valence-electron chi connectivity index (χ2n) is 16.9. The van der Waals surface area contributed by atoms with Crippen molar-refractivity contribution in [3.05, 3.63) is 30.5 Å². The van der Waals surface area contributed by atoms with Crippen molar-refractivity contribution in [3.8, 4) is 11.3 Å². The van der Waals surface area contributed by atoms with Crippen LogP contribution in [0.25, 0.3) is 11.3 Å². The number of nitrogens with zero attached hydrogens (tertiary/aromatic N) is 4. The van der Waals surface area contributed by atoms with E-state index >= 15 is 0 Å². The maximum atomic E-state index is 14.3. The summed E-state index contributed by atoms with van der Waals surface area (Å²) in [4.78, 5) is 43.7. The first kappa shape index (κ1) is 44.4. The molecule has 3 fully saturated rings. The zero-order valence-electron chi connectivity index (χ0n) is 35.1. The fraction of sp³-hybridized carbons (Fsp3) is 0.732. The predicted molar refractivity (Wildman–Crippen MR) is 212 cm³/mol. The number of ketones is 1. The molecule has 1 aromatic heterocycles. The second kappa shape index (κ2) is 18.5. The Kier molecular flexibility index (Phi) is 14.4. The monoisotopic (exact) mass is 799 g/mol. The Hall–Kier alpha value is -3.67. The van der Waals surface area contributed by atoms with Crippen LogP contribution in [0.1, 0.15) is 87.5 Å². The van der Waals surface area contributed by atoms with Crippen LogP contribution in [0.5, 0.6) is 0 Å². The third-order valence-electron chi connectivity index (χ3n) is 12.2. The third-order valence-corrected chi connectivity index (χ3v) is 12.2. The lowest BCUT2D eigenvalue weighted by molar-refractivity contribution is -0.288. The van der Waals surface area contributed by atoms with Crippen LogP contribution >= 0.6 is 0 Å². The van der Waals surface area contributed by atoms with Crippen LogP contribution in [0.2, 0.25) is 0 Å². The maximum absolute atomic E-state index is 14.3. The lowest BCUT2D eigenvalue weighted by Gasteiger charge is -2.45. The highest BCUT2D eigenvalue weighted by molar-refractivity contribution is 6.00. The number of Topliss-reactive ketones (excluding diaryl/α,β-unsaturated/α-hetero) is 1.